The van der Waals surface area contributed by atoms with Gasteiger partial charge in [0.2, 0.25) is 0 Å². The van der Waals surface area contributed by atoms with Crippen molar-refractivity contribution in [2.45, 2.75) is 13.8 Å². The first-order valence-corrected chi connectivity index (χ1v) is 5.95. The van der Waals surface area contributed by atoms with Crippen LogP contribution in [0.5, 0.6) is 0 Å². The molecule has 2 aromatic rings. The zero-order valence-electron chi connectivity index (χ0n) is 10.8. The highest BCUT2D eigenvalue weighted by Gasteiger charge is 2.12. The third-order valence-electron chi connectivity index (χ3n) is 2.72. The van der Waals surface area contributed by atoms with E-state index in [0.29, 0.717) is 22.6 Å². The molecule has 0 saturated heterocycles. The molecule has 1 N–H and O–H groups in total. The number of nitro groups is 1. The van der Waals surface area contributed by atoms with Gasteiger partial charge in [-0.1, -0.05) is 12.1 Å². The van der Waals surface area contributed by atoms with Crippen LogP contribution < -0.4 is 5.32 Å². The van der Waals surface area contributed by atoms with E-state index in [1.54, 1.807) is 31.2 Å². The molecule has 0 aliphatic heterocycles. The summed E-state index contributed by atoms with van der Waals surface area (Å²) < 4.78 is 0. The molecule has 1 heterocycles. The summed E-state index contributed by atoms with van der Waals surface area (Å²) in [6, 6.07) is 8.63. The van der Waals surface area contributed by atoms with Gasteiger partial charge in [-0.3, -0.25) is 10.1 Å². The number of hydrogen-bond donors (Lipinski definition) is 1. The SMILES string of the molecule is CCNc1ccc(-c2ccc(C)c([N+](=O)[O-])c2)nn1. The monoisotopic (exact) mass is 258 g/mol. The van der Waals surface area contributed by atoms with Crippen LogP contribution in [0.1, 0.15) is 12.5 Å². The highest BCUT2D eigenvalue weighted by Crippen LogP contribution is 2.25. The molecular weight excluding hydrogens is 244 g/mol. The fraction of sp³-hybridized carbons (Fsp3) is 0.231. The minimum atomic E-state index is -0.390. The fourth-order valence-electron chi connectivity index (χ4n) is 1.73. The number of rotatable bonds is 4. The molecule has 2 rings (SSSR count). The molecule has 98 valence electrons. The number of nitro benzene ring substituents is 1. The van der Waals surface area contributed by atoms with Crippen molar-refractivity contribution in [1.29, 1.82) is 0 Å². The van der Waals surface area contributed by atoms with Crippen LogP contribution >= 0.6 is 0 Å². The fourth-order valence-corrected chi connectivity index (χ4v) is 1.73. The van der Waals surface area contributed by atoms with Gasteiger partial charge in [0.05, 0.1) is 10.6 Å². The zero-order chi connectivity index (χ0) is 13.8. The van der Waals surface area contributed by atoms with Crippen LogP contribution in [0, 0.1) is 17.0 Å². The van der Waals surface area contributed by atoms with Gasteiger partial charge in [0.1, 0.15) is 5.82 Å². The first-order valence-electron chi connectivity index (χ1n) is 5.95. The van der Waals surface area contributed by atoms with Crippen molar-refractivity contribution in [3.63, 3.8) is 0 Å². The zero-order valence-corrected chi connectivity index (χ0v) is 10.8. The number of aromatic nitrogens is 2. The van der Waals surface area contributed by atoms with Crippen LogP contribution in [-0.2, 0) is 0 Å². The van der Waals surface area contributed by atoms with Gasteiger partial charge < -0.3 is 5.32 Å². The van der Waals surface area contributed by atoms with Crippen LogP contribution in [0.3, 0.4) is 0 Å². The van der Waals surface area contributed by atoms with E-state index in [0.717, 1.165) is 6.54 Å². The Morgan fingerprint density at radius 3 is 2.63 bits per heavy atom. The van der Waals surface area contributed by atoms with Crippen molar-refractivity contribution >= 4 is 11.5 Å². The predicted molar refractivity (Wildman–Crippen MR) is 73.0 cm³/mol. The van der Waals surface area contributed by atoms with Crippen molar-refractivity contribution in [2.24, 2.45) is 0 Å². The number of benzene rings is 1. The molecule has 0 radical (unpaired) electrons. The normalized spacial score (nSPS) is 10.2. The summed E-state index contributed by atoms with van der Waals surface area (Å²) in [5.74, 6) is 0.688. The maximum Gasteiger partial charge on any atom is 0.272 e. The Bertz CT molecular complexity index is 596. The predicted octanol–water partition coefficient (Wildman–Crippen LogP) is 2.79. The van der Waals surface area contributed by atoms with Gasteiger partial charge in [0.15, 0.2) is 0 Å². The molecule has 6 nitrogen and oxygen atoms in total. The standard InChI is InChI=1S/C13H14N4O2/c1-3-14-13-7-6-11(15-16-13)10-5-4-9(2)12(8-10)17(18)19/h4-8H,3H2,1-2H3,(H,14,16). The molecule has 0 spiro atoms. The van der Waals surface area contributed by atoms with E-state index >= 15 is 0 Å². The lowest BCUT2D eigenvalue weighted by Gasteiger charge is -2.04. The number of nitrogens with one attached hydrogen (secondary N) is 1. The van der Waals surface area contributed by atoms with Gasteiger partial charge in [-0.05, 0) is 26.0 Å². The third-order valence-corrected chi connectivity index (χ3v) is 2.72. The Hall–Kier alpha value is -2.50. The van der Waals surface area contributed by atoms with Crippen LogP contribution in [0.25, 0.3) is 11.3 Å². The van der Waals surface area contributed by atoms with Crippen LogP contribution in [0.2, 0.25) is 0 Å². The minimum absolute atomic E-state index is 0.0926. The molecule has 0 atom stereocenters. The maximum absolute atomic E-state index is 10.9. The van der Waals surface area contributed by atoms with E-state index in [4.69, 9.17) is 0 Å². The summed E-state index contributed by atoms with van der Waals surface area (Å²) >= 11 is 0. The average molecular weight is 258 g/mol. The van der Waals surface area contributed by atoms with Crippen molar-refractivity contribution in [2.75, 3.05) is 11.9 Å². The first kappa shape index (κ1) is 12.9. The van der Waals surface area contributed by atoms with E-state index in [2.05, 4.69) is 15.5 Å². The molecule has 19 heavy (non-hydrogen) atoms. The molecule has 0 fully saturated rings. The van der Waals surface area contributed by atoms with Gasteiger partial charge in [-0.25, -0.2) is 0 Å². The topological polar surface area (TPSA) is 81.0 Å². The van der Waals surface area contributed by atoms with Crippen LogP contribution in [0.4, 0.5) is 11.5 Å². The average Bonchev–Trinajstić information content (AvgIpc) is 2.40. The molecule has 0 saturated carbocycles. The second-order valence-electron chi connectivity index (χ2n) is 4.09. The number of aryl methyl sites for hydroxylation is 1. The second-order valence-corrected chi connectivity index (χ2v) is 4.09. The van der Waals surface area contributed by atoms with Crippen LogP contribution in [0.15, 0.2) is 30.3 Å². The highest BCUT2D eigenvalue weighted by molar-refractivity contribution is 5.64. The maximum atomic E-state index is 10.9. The summed E-state index contributed by atoms with van der Waals surface area (Å²) in [6.07, 6.45) is 0. The Balaban J connectivity index is 2.36. The van der Waals surface area contributed by atoms with Crippen molar-refractivity contribution in [3.05, 3.63) is 46.0 Å². The van der Waals surface area contributed by atoms with Gasteiger partial charge in [-0.15, -0.1) is 10.2 Å². The number of hydrogen-bond acceptors (Lipinski definition) is 5. The minimum Gasteiger partial charge on any atom is -0.369 e. The van der Waals surface area contributed by atoms with E-state index in [1.807, 2.05) is 6.92 Å². The van der Waals surface area contributed by atoms with E-state index < -0.39 is 0 Å². The Morgan fingerprint density at radius 1 is 1.26 bits per heavy atom. The van der Waals surface area contributed by atoms with E-state index in [-0.39, 0.29) is 10.6 Å². The molecule has 1 aromatic carbocycles. The first-order chi connectivity index (χ1) is 9.11. The van der Waals surface area contributed by atoms with Gasteiger partial charge >= 0.3 is 0 Å². The highest BCUT2D eigenvalue weighted by atomic mass is 16.6. The summed E-state index contributed by atoms with van der Waals surface area (Å²) in [5, 5.41) is 22.0. The molecule has 0 amide bonds. The summed E-state index contributed by atoms with van der Waals surface area (Å²) in [5.41, 5.74) is 2.03. The Morgan fingerprint density at radius 2 is 2.05 bits per heavy atom. The quantitative estimate of drug-likeness (QED) is 0.673. The van der Waals surface area contributed by atoms with Gasteiger partial charge in [0, 0.05) is 23.7 Å². The van der Waals surface area contributed by atoms with E-state index in [1.165, 1.54) is 6.07 Å². The molecular formula is C13H14N4O2. The Labute approximate surface area is 110 Å². The second kappa shape index (κ2) is 5.43. The van der Waals surface area contributed by atoms with Crippen molar-refractivity contribution in [3.8, 4) is 11.3 Å². The largest absolute Gasteiger partial charge is 0.369 e. The van der Waals surface area contributed by atoms with Crippen molar-refractivity contribution < 1.29 is 4.92 Å². The molecule has 0 aliphatic carbocycles. The number of nitrogens with zero attached hydrogens (tertiary/aromatic N) is 3. The Kier molecular flexibility index (Phi) is 3.70. The molecule has 1 aromatic heterocycles. The lowest BCUT2D eigenvalue weighted by Crippen LogP contribution is -2.00. The summed E-state index contributed by atoms with van der Waals surface area (Å²) in [7, 11) is 0. The summed E-state index contributed by atoms with van der Waals surface area (Å²) in [4.78, 5) is 10.5. The van der Waals surface area contributed by atoms with Gasteiger partial charge in [-0.2, -0.15) is 0 Å². The third kappa shape index (κ3) is 2.85. The number of anilines is 1. The smallest absolute Gasteiger partial charge is 0.272 e. The molecule has 0 aliphatic rings. The summed E-state index contributed by atoms with van der Waals surface area (Å²) in [6.45, 7) is 4.45. The lowest BCUT2D eigenvalue weighted by molar-refractivity contribution is -0.385. The lowest BCUT2D eigenvalue weighted by atomic mass is 10.1. The van der Waals surface area contributed by atoms with Crippen molar-refractivity contribution in [1.82, 2.24) is 10.2 Å². The molecule has 0 bridgehead atoms. The molecule has 0 unspecified atom stereocenters. The molecule has 6 heteroatoms. The van der Waals surface area contributed by atoms with Crippen LogP contribution in [-0.4, -0.2) is 21.7 Å². The van der Waals surface area contributed by atoms with E-state index in [9.17, 15) is 10.1 Å². The van der Waals surface area contributed by atoms with Gasteiger partial charge in [0.25, 0.3) is 5.69 Å².